The summed E-state index contributed by atoms with van der Waals surface area (Å²) in [6.45, 7) is 2.51. The standard InChI is InChI=1S/C39H33N3/c1-7-28(34-13-4-16-40-25-34)19-31(10-1)37-22-38(32-11-2-8-29(20-32)35-14-5-17-41-26-35)24-39(23-37)33-12-3-9-30(21-33)36-15-6-18-42-27-36/h1-24,40-42H,25-27H2. The first-order valence-corrected chi connectivity index (χ1v) is 14.5. The SMILES string of the molecule is C1=CNCC(c2cccc(-c3cc(-c4cccc(C5=CC=CNC5)c4)cc(-c4cccc(C5=CC=CNC5)c4)c3)c2)=C1. The Kier molecular flexibility index (Phi) is 7.14. The number of benzene rings is 4. The second-order valence-corrected chi connectivity index (χ2v) is 10.8. The Balaban J connectivity index is 1.35. The lowest BCUT2D eigenvalue weighted by Crippen LogP contribution is -2.11. The van der Waals surface area contributed by atoms with Gasteiger partial charge in [0.25, 0.3) is 0 Å². The highest BCUT2D eigenvalue weighted by Gasteiger charge is 2.12. The van der Waals surface area contributed by atoms with Crippen molar-refractivity contribution in [3.63, 3.8) is 0 Å². The van der Waals surface area contributed by atoms with Crippen molar-refractivity contribution in [2.75, 3.05) is 19.6 Å². The van der Waals surface area contributed by atoms with Gasteiger partial charge in [0.1, 0.15) is 0 Å². The highest BCUT2D eigenvalue weighted by molar-refractivity contribution is 5.85. The van der Waals surface area contributed by atoms with Crippen molar-refractivity contribution < 1.29 is 0 Å². The monoisotopic (exact) mass is 543 g/mol. The Bertz CT molecular complexity index is 1600. The third-order valence-electron chi connectivity index (χ3n) is 8.05. The Hall–Kier alpha value is -5.28. The molecule has 0 amide bonds. The van der Waals surface area contributed by atoms with Gasteiger partial charge in [-0.1, -0.05) is 72.8 Å². The fraction of sp³-hybridized carbons (Fsp3) is 0.0769. The molecule has 42 heavy (non-hydrogen) atoms. The predicted octanol–water partition coefficient (Wildman–Crippen LogP) is 8.19. The van der Waals surface area contributed by atoms with E-state index in [1.54, 1.807) is 0 Å². The number of dihydropyridines is 3. The summed E-state index contributed by atoms with van der Waals surface area (Å²) in [6, 6.07) is 33.8. The lowest BCUT2D eigenvalue weighted by atomic mass is 9.90. The molecule has 0 aliphatic carbocycles. The average Bonchev–Trinajstić information content (AvgIpc) is 3.09. The molecule has 3 nitrogen and oxygen atoms in total. The molecule has 4 aromatic carbocycles. The Morgan fingerprint density at radius 1 is 0.333 bits per heavy atom. The first-order chi connectivity index (χ1) is 20.8. The highest BCUT2D eigenvalue weighted by atomic mass is 14.8. The van der Waals surface area contributed by atoms with Crippen LogP contribution in [0.15, 0.2) is 146 Å². The number of hydrogen-bond acceptors (Lipinski definition) is 3. The van der Waals surface area contributed by atoms with E-state index < -0.39 is 0 Å². The van der Waals surface area contributed by atoms with Crippen LogP contribution in [-0.2, 0) is 0 Å². The van der Waals surface area contributed by atoms with E-state index >= 15 is 0 Å². The number of rotatable bonds is 6. The summed E-state index contributed by atoms with van der Waals surface area (Å²) < 4.78 is 0. The fourth-order valence-corrected chi connectivity index (χ4v) is 5.80. The molecule has 0 bridgehead atoms. The zero-order valence-electron chi connectivity index (χ0n) is 23.5. The fourth-order valence-electron chi connectivity index (χ4n) is 5.80. The molecule has 0 radical (unpaired) electrons. The number of nitrogens with one attached hydrogen (secondary N) is 3. The third-order valence-corrected chi connectivity index (χ3v) is 8.05. The molecule has 0 unspecified atom stereocenters. The summed E-state index contributed by atoms with van der Waals surface area (Å²) >= 11 is 0. The minimum atomic E-state index is 0.838. The normalized spacial score (nSPS) is 15.6. The molecule has 0 fully saturated rings. The summed E-state index contributed by atoms with van der Waals surface area (Å²) in [5.74, 6) is 0. The highest BCUT2D eigenvalue weighted by Crippen LogP contribution is 2.35. The molecule has 7 rings (SSSR count). The van der Waals surface area contributed by atoms with Crippen molar-refractivity contribution in [3.05, 3.63) is 163 Å². The van der Waals surface area contributed by atoms with Crippen LogP contribution in [0.3, 0.4) is 0 Å². The van der Waals surface area contributed by atoms with Gasteiger partial charge in [-0.2, -0.15) is 0 Å². The van der Waals surface area contributed by atoms with Gasteiger partial charge < -0.3 is 16.0 Å². The molecule has 3 heteroatoms. The van der Waals surface area contributed by atoms with E-state index in [4.69, 9.17) is 0 Å². The van der Waals surface area contributed by atoms with Crippen LogP contribution in [-0.4, -0.2) is 19.6 Å². The lowest BCUT2D eigenvalue weighted by molar-refractivity contribution is 0.986. The van der Waals surface area contributed by atoms with E-state index in [0.717, 1.165) is 19.6 Å². The van der Waals surface area contributed by atoms with Gasteiger partial charge in [0.15, 0.2) is 0 Å². The van der Waals surface area contributed by atoms with Crippen LogP contribution >= 0.6 is 0 Å². The van der Waals surface area contributed by atoms with Gasteiger partial charge >= 0.3 is 0 Å². The minimum Gasteiger partial charge on any atom is -0.387 e. The maximum atomic E-state index is 3.34. The molecule has 0 aromatic heterocycles. The molecule has 3 N–H and O–H groups in total. The maximum absolute atomic E-state index is 3.34. The van der Waals surface area contributed by atoms with Crippen molar-refractivity contribution in [1.29, 1.82) is 0 Å². The van der Waals surface area contributed by atoms with Gasteiger partial charge in [0, 0.05) is 19.6 Å². The molecule has 0 saturated heterocycles. The quantitative estimate of drug-likeness (QED) is 0.229. The van der Waals surface area contributed by atoms with Crippen LogP contribution in [0.2, 0.25) is 0 Å². The Morgan fingerprint density at radius 3 is 0.905 bits per heavy atom. The van der Waals surface area contributed by atoms with E-state index in [0.29, 0.717) is 0 Å². The first kappa shape index (κ1) is 25.7. The largest absolute Gasteiger partial charge is 0.387 e. The Morgan fingerprint density at radius 2 is 0.619 bits per heavy atom. The van der Waals surface area contributed by atoms with Crippen LogP contribution in [0.4, 0.5) is 0 Å². The van der Waals surface area contributed by atoms with Crippen LogP contribution in [0.1, 0.15) is 16.7 Å². The maximum Gasteiger partial charge on any atom is 0.0401 e. The van der Waals surface area contributed by atoms with Gasteiger partial charge in [-0.15, -0.1) is 0 Å². The van der Waals surface area contributed by atoms with E-state index in [9.17, 15) is 0 Å². The third kappa shape index (κ3) is 5.50. The zero-order valence-corrected chi connectivity index (χ0v) is 23.5. The second kappa shape index (κ2) is 11.7. The first-order valence-electron chi connectivity index (χ1n) is 14.5. The van der Waals surface area contributed by atoms with Crippen molar-refractivity contribution in [2.45, 2.75) is 0 Å². The molecule has 3 heterocycles. The summed E-state index contributed by atoms with van der Waals surface area (Å²) in [7, 11) is 0. The van der Waals surface area contributed by atoms with E-state index in [1.807, 2.05) is 18.6 Å². The van der Waals surface area contributed by atoms with Crippen molar-refractivity contribution >= 4 is 16.7 Å². The molecule has 0 spiro atoms. The zero-order chi connectivity index (χ0) is 28.1. The summed E-state index contributed by atoms with van der Waals surface area (Å²) in [6.07, 6.45) is 18.8. The van der Waals surface area contributed by atoms with Gasteiger partial charge in [-0.25, -0.2) is 0 Å². The van der Waals surface area contributed by atoms with Gasteiger partial charge in [0.2, 0.25) is 0 Å². The summed E-state index contributed by atoms with van der Waals surface area (Å²) in [4.78, 5) is 0. The van der Waals surface area contributed by atoms with Crippen molar-refractivity contribution in [3.8, 4) is 33.4 Å². The summed E-state index contributed by atoms with van der Waals surface area (Å²) in [5.41, 5.74) is 14.9. The van der Waals surface area contributed by atoms with E-state index in [2.05, 4.69) is 143 Å². The van der Waals surface area contributed by atoms with Gasteiger partial charge in [-0.05, 0) is 140 Å². The predicted molar refractivity (Wildman–Crippen MR) is 178 cm³/mol. The van der Waals surface area contributed by atoms with Crippen LogP contribution in [0.25, 0.3) is 50.1 Å². The van der Waals surface area contributed by atoms with Crippen molar-refractivity contribution in [2.24, 2.45) is 0 Å². The molecule has 0 saturated carbocycles. The molecule has 204 valence electrons. The van der Waals surface area contributed by atoms with Crippen LogP contribution in [0, 0.1) is 0 Å². The minimum absolute atomic E-state index is 0.838. The molecule has 4 aromatic rings. The van der Waals surface area contributed by atoms with Crippen LogP contribution < -0.4 is 16.0 Å². The Labute approximate surface area is 248 Å². The van der Waals surface area contributed by atoms with E-state index in [-0.39, 0.29) is 0 Å². The molecule has 3 aliphatic rings. The lowest BCUT2D eigenvalue weighted by Gasteiger charge is -2.16. The van der Waals surface area contributed by atoms with Crippen molar-refractivity contribution in [1.82, 2.24) is 16.0 Å². The summed E-state index contributed by atoms with van der Waals surface area (Å²) in [5, 5.41) is 10.0. The van der Waals surface area contributed by atoms with Gasteiger partial charge in [-0.3, -0.25) is 0 Å². The molecular weight excluding hydrogens is 510 g/mol. The topological polar surface area (TPSA) is 36.1 Å². The molecular formula is C39H33N3. The van der Waals surface area contributed by atoms with E-state index in [1.165, 1.54) is 66.8 Å². The number of allylic oxidation sites excluding steroid dienone is 6. The average molecular weight is 544 g/mol. The smallest absolute Gasteiger partial charge is 0.0401 e. The molecule has 3 aliphatic heterocycles. The second-order valence-electron chi connectivity index (χ2n) is 10.8. The molecule has 0 atom stereocenters. The van der Waals surface area contributed by atoms with Gasteiger partial charge in [0.05, 0.1) is 0 Å². The number of hydrogen-bond donors (Lipinski definition) is 3. The van der Waals surface area contributed by atoms with Crippen LogP contribution in [0.5, 0.6) is 0 Å².